The molecule has 0 aliphatic heterocycles. The lowest BCUT2D eigenvalue weighted by atomic mass is 10.2. The third-order valence-corrected chi connectivity index (χ3v) is 6.79. The van der Waals surface area contributed by atoms with Crippen LogP contribution in [0, 0.1) is 6.92 Å². The molecule has 8 heteroatoms. The van der Waals surface area contributed by atoms with Gasteiger partial charge >= 0.3 is 0 Å². The minimum absolute atomic E-state index is 0.258. The molecule has 5 nitrogen and oxygen atoms in total. The van der Waals surface area contributed by atoms with Crippen molar-refractivity contribution in [3.63, 3.8) is 0 Å². The molecule has 0 aliphatic carbocycles. The van der Waals surface area contributed by atoms with Crippen molar-refractivity contribution in [2.45, 2.75) is 6.92 Å². The first-order valence-corrected chi connectivity index (χ1v) is 12.1. The maximum Gasteiger partial charge on any atom is 0.231 e. The number of nitrogens with one attached hydrogen (secondary N) is 2. The number of thiazole rings is 1. The predicted molar refractivity (Wildman–Crippen MR) is 123 cm³/mol. The molecule has 0 saturated carbocycles. The number of fused-ring (bicyclic) bond motifs is 1. The van der Waals surface area contributed by atoms with Gasteiger partial charge in [-0.2, -0.15) is 4.98 Å². The summed E-state index contributed by atoms with van der Waals surface area (Å²) >= 11 is 7.92. The number of para-hydroxylation sites is 2. The summed E-state index contributed by atoms with van der Waals surface area (Å²) in [7, 11) is -0.258. The maximum atomic E-state index is 6.34. The zero-order valence-electron chi connectivity index (χ0n) is 15.7. The number of anilines is 4. The molecule has 0 bridgehead atoms. The molecule has 0 unspecified atom stereocenters. The van der Waals surface area contributed by atoms with Crippen LogP contribution in [0.2, 0.25) is 5.02 Å². The standard InChI is InChI=1S/C20H19ClN5PS/c1-12-7-6-10-16-17(12)24-20(28-16)26-19-22-11-13(21)18(25-19)23-14-8-4-5-9-15(14)27(2)3/h4-11H,1-3H3,(H2,22,23,24,25,26). The maximum absolute atomic E-state index is 6.34. The Balaban J connectivity index is 1.63. The predicted octanol–water partition coefficient (Wildman–Crippen LogP) is 5.90. The number of hydrogen-bond donors (Lipinski definition) is 2. The molecule has 2 aromatic carbocycles. The fraction of sp³-hybridized carbons (Fsp3) is 0.150. The van der Waals surface area contributed by atoms with E-state index in [2.05, 4.69) is 64.0 Å². The molecular weight excluding hydrogens is 409 g/mol. The number of nitrogens with zero attached hydrogens (tertiary/aromatic N) is 3. The van der Waals surface area contributed by atoms with Crippen LogP contribution in [-0.2, 0) is 0 Å². The van der Waals surface area contributed by atoms with Crippen molar-refractivity contribution in [3.8, 4) is 0 Å². The quantitative estimate of drug-likeness (QED) is 0.388. The molecule has 0 spiro atoms. The Hall–Kier alpha value is -2.27. The third kappa shape index (κ3) is 3.95. The van der Waals surface area contributed by atoms with Gasteiger partial charge in [0.15, 0.2) is 10.9 Å². The van der Waals surface area contributed by atoms with Gasteiger partial charge in [-0.15, -0.1) is 0 Å². The van der Waals surface area contributed by atoms with Crippen molar-refractivity contribution >= 4 is 69.0 Å². The lowest BCUT2D eigenvalue weighted by Gasteiger charge is -2.15. The van der Waals surface area contributed by atoms with Crippen LogP contribution in [0.5, 0.6) is 0 Å². The second-order valence-electron chi connectivity index (χ2n) is 6.49. The lowest BCUT2D eigenvalue weighted by Crippen LogP contribution is -2.09. The molecule has 0 saturated heterocycles. The zero-order chi connectivity index (χ0) is 19.7. The molecule has 0 aliphatic rings. The molecule has 0 fully saturated rings. The minimum Gasteiger partial charge on any atom is -0.338 e. The average Bonchev–Trinajstić information content (AvgIpc) is 3.09. The first-order valence-electron chi connectivity index (χ1n) is 8.70. The molecule has 0 amide bonds. The fourth-order valence-electron chi connectivity index (χ4n) is 2.85. The summed E-state index contributed by atoms with van der Waals surface area (Å²) < 4.78 is 1.13. The summed E-state index contributed by atoms with van der Waals surface area (Å²) in [5.74, 6) is 1.03. The van der Waals surface area contributed by atoms with Crippen LogP contribution >= 0.6 is 30.9 Å². The molecular formula is C20H19ClN5PS. The fourth-order valence-corrected chi connectivity index (χ4v) is 4.92. The van der Waals surface area contributed by atoms with Gasteiger partial charge in [-0.05, 0) is 43.3 Å². The van der Waals surface area contributed by atoms with E-state index in [-0.39, 0.29) is 7.92 Å². The Morgan fingerprint density at radius 2 is 1.82 bits per heavy atom. The molecule has 2 N–H and O–H groups in total. The summed E-state index contributed by atoms with van der Waals surface area (Å²) in [6, 6.07) is 14.4. The normalized spacial score (nSPS) is 11.2. The van der Waals surface area contributed by atoms with Crippen LogP contribution in [-0.4, -0.2) is 28.3 Å². The summed E-state index contributed by atoms with van der Waals surface area (Å²) in [5, 5.41) is 9.05. The summed E-state index contributed by atoms with van der Waals surface area (Å²) in [6.07, 6.45) is 1.60. The number of benzene rings is 2. The van der Waals surface area contributed by atoms with Crippen LogP contribution in [0.25, 0.3) is 10.2 Å². The molecule has 2 aromatic heterocycles. The van der Waals surface area contributed by atoms with Crippen LogP contribution in [0.1, 0.15) is 5.56 Å². The number of aromatic nitrogens is 3. The van der Waals surface area contributed by atoms with E-state index >= 15 is 0 Å². The Bertz CT molecular complexity index is 1140. The van der Waals surface area contributed by atoms with E-state index in [0.717, 1.165) is 26.6 Å². The van der Waals surface area contributed by atoms with E-state index < -0.39 is 0 Å². The average molecular weight is 428 g/mol. The van der Waals surface area contributed by atoms with Crippen molar-refractivity contribution in [2.75, 3.05) is 24.0 Å². The first kappa shape index (κ1) is 19.1. The second kappa shape index (κ2) is 8.00. The zero-order valence-corrected chi connectivity index (χ0v) is 18.2. The third-order valence-electron chi connectivity index (χ3n) is 4.22. The summed E-state index contributed by atoms with van der Waals surface area (Å²) in [5.41, 5.74) is 3.16. The van der Waals surface area contributed by atoms with E-state index in [9.17, 15) is 0 Å². The Morgan fingerprint density at radius 3 is 2.61 bits per heavy atom. The van der Waals surface area contributed by atoms with Crippen molar-refractivity contribution in [1.29, 1.82) is 0 Å². The Labute approximate surface area is 174 Å². The van der Waals surface area contributed by atoms with Crippen LogP contribution in [0.15, 0.2) is 48.7 Å². The highest BCUT2D eigenvalue weighted by atomic mass is 35.5. The minimum atomic E-state index is -0.258. The van der Waals surface area contributed by atoms with Crippen LogP contribution in [0.4, 0.5) is 22.6 Å². The second-order valence-corrected chi connectivity index (χ2v) is 10.2. The molecule has 28 heavy (non-hydrogen) atoms. The highest BCUT2D eigenvalue weighted by Gasteiger charge is 2.12. The molecule has 4 aromatic rings. The Morgan fingerprint density at radius 1 is 1.00 bits per heavy atom. The van der Waals surface area contributed by atoms with Crippen molar-refractivity contribution in [3.05, 3.63) is 59.2 Å². The molecule has 2 heterocycles. The highest BCUT2D eigenvalue weighted by Crippen LogP contribution is 2.32. The van der Waals surface area contributed by atoms with Gasteiger partial charge in [0, 0.05) is 5.69 Å². The van der Waals surface area contributed by atoms with Crippen molar-refractivity contribution < 1.29 is 0 Å². The van der Waals surface area contributed by atoms with Gasteiger partial charge in [0.05, 0.1) is 16.4 Å². The van der Waals surface area contributed by atoms with Crippen molar-refractivity contribution in [2.24, 2.45) is 0 Å². The molecule has 4 rings (SSSR count). The van der Waals surface area contributed by atoms with E-state index in [1.165, 1.54) is 5.30 Å². The molecule has 142 valence electrons. The number of rotatable bonds is 5. The van der Waals surface area contributed by atoms with E-state index in [1.54, 1.807) is 17.5 Å². The topological polar surface area (TPSA) is 62.7 Å². The van der Waals surface area contributed by atoms with Gasteiger partial charge in [-0.1, -0.05) is 61.2 Å². The molecule has 0 radical (unpaired) electrons. The van der Waals surface area contributed by atoms with Crippen molar-refractivity contribution in [1.82, 2.24) is 15.0 Å². The van der Waals surface area contributed by atoms with Crippen LogP contribution in [0.3, 0.4) is 0 Å². The highest BCUT2D eigenvalue weighted by molar-refractivity contribution is 7.64. The van der Waals surface area contributed by atoms with Gasteiger partial charge in [0.25, 0.3) is 0 Å². The number of halogens is 1. The number of aryl methyl sites for hydroxylation is 1. The van der Waals surface area contributed by atoms with Gasteiger partial charge in [-0.3, -0.25) is 5.32 Å². The monoisotopic (exact) mass is 427 g/mol. The smallest absolute Gasteiger partial charge is 0.231 e. The molecule has 0 atom stereocenters. The summed E-state index contributed by atoms with van der Waals surface area (Å²) in [4.78, 5) is 13.5. The van der Waals surface area contributed by atoms with Crippen LogP contribution < -0.4 is 15.9 Å². The van der Waals surface area contributed by atoms with Gasteiger partial charge in [0.1, 0.15) is 5.02 Å². The largest absolute Gasteiger partial charge is 0.338 e. The number of hydrogen-bond acceptors (Lipinski definition) is 6. The summed E-state index contributed by atoms with van der Waals surface area (Å²) in [6.45, 7) is 6.50. The van der Waals surface area contributed by atoms with Gasteiger partial charge in [0.2, 0.25) is 5.95 Å². The van der Waals surface area contributed by atoms with E-state index in [4.69, 9.17) is 11.6 Å². The van der Waals surface area contributed by atoms with Gasteiger partial charge < -0.3 is 5.32 Å². The van der Waals surface area contributed by atoms with E-state index in [1.807, 2.05) is 24.3 Å². The van der Waals surface area contributed by atoms with Gasteiger partial charge in [-0.25, -0.2) is 9.97 Å². The van der Waals surface area contributed by atoms with E-state index in [0.29, 0.717) is 16.8 Å². The lowest BCUT2D eigenvalue weighted by molar-refractivity contribution is 1.16. The Kier molecular flexibility index (Phi) is 5.44. The first-order chi connectivity index (χ1) is 13.5. The SMILES string of the molecule is Cc1cccc2sc(Nc3ncc(Cl)c(Nc4ccccc4P(C)C)n3)nc12.